The Morgan fingerprint density at radius 1 is 1.00 bits per heavy atom. The Bertz CT molecular complexity index is 585. The molecule has 5 nitrogen and oxygen atoms in total. The SMILES string of the molecule is O=S(=O)(NNCc1ccncc1)c1ccccc1. The van der Waals surface area contributed by atoms with Crippen LogP contribution in [0.2, 0.25) is 0 Å². The average molecular weight is 263 g/mol. The molecule has 1 aromatic carbocycles. The predicted molar refractivity (Wildman–Crippen MR) is 67.8 cm³/mol. The molecule has 0 unspecified atom stereocenters. The van der Waals surface area contributed by atoms with E-state index >= 15 is 0 Å². The molecule has 0 saturated carbocycles. The number of hydrazine groups is 1. The van der Waals surface area contributed by atoms with Crippen molar-refractivity contribution < 1.29 is 8.42 Å². The van der Waals surface area contributed by atoms with Gasteiger partial charge in [-0.2, -0.15) is 0 Å². The van der Waals surface area contributed by atoms with E-state index in [0.717, 1.165) is 5.56 Å². The smallest absolute Gasteiger partial charge is 0.253 e. The van der Waals surface area contributed by atoms with Crippen molar-refractivity contribution in [2.45, 2.75) is 11.4 Å². The van der Waals surface area contributed by atoms with Crippen LogP contribution in [0.4, 0.5) is 0 Å². The van der Waals surface area contributed by atoms with E-state index in [9.17, 15) is 8.42 Å². The van der Waals surface area contributed by atoms with Gasteiger partial charge in [0.1, 0.15) is 0 Å². The van der Waals surface area contributed by atoms with Crippen molar-refractivity contribution in [2.24, 2.45) is 0 Å². The number of hydrogen-bond acceptors (Lipinski definition) is 4. The monoisotopic (exact) mass is 263 g/mol. The Hall–Kier alpha value is -1.76. The van der Waals surface area contributed by atoms with Crippen molar-refractivity contribution in [3.63, 3.8) is 0 Å². The van der Waals surface area contributed by atoms with E-state index in [1.54, 1.807) is 30.6 Å². The first kappa shape index (κ1) is 12.7. The highest BCUT2D eigenvalue weighted by Crippen LogP contribution is 2.06. The number of benzene rings is 1. The minimum Gasteiger partial charge on any atom is -0.265 e. The van der Waals surface area contributed by atoms with Crippen molar-refractivity contribution in [1.29, 1.82) is 0 Å². The molecular formula is C12H13N3O2S. The van der Waals surface area contributed by atoms with Crippen LogP contribution in [0.25, 0.3) is 0 Å². The second-order valence-corrected chi connectivity index (χ2v) is 5.31. The minimum atomic E-state index is -3.51. The van der Waals surface area contributed by atoms with Crippen molar-refractivity contribution in [3.8, 4) is 0 Å². The Kier molecular flexibility index (Phi) is 4.03. The fourth-order valence-corrected chi connectivity index (χ4v) is 2.29. The van der Waals surface area contributed by atoms with Gasteiger partial charge in [-0.3, -0.25) is 4.98 Å². The number of rotatable bonds is 5. The fraction of sp³-hybridized carbons (Fsp3) is 0.0833. The molecule has 2 N–H and O–H groups in total. The van der Waals surface area contributed by atoms with Crippen LogP contribution in [0.15, 0.2) is 59.8 Å². The maximum Gasteiger partial charge on any atom is 0.253 e. The molecule has 1 aromatic heterocycles. The summed E-state index contributed by atoms with van der Waals surface area (Å²) in [6, 6.07) is 11.8. The molecule has 2 aromatic rings. The van der Waals surface area contributed by atoms with Crippen LogP contribution < -0.4 is 10.3 Å². The molecule has 0 fully saturated rings. The first-order chi connectivity index (χ1) is 8.68. The lowest BCUT2D eigenvalue weighted by Crippen LogP contribution is -2.36. The summed E-state index contributed by atoms with van der Waals surface area (Å²) in [6.45, 7) is 0.397. The summed E-state index contributed by atoms with van der Waals surface area (Å²) >= 11 is 0. The first-order valence-corrected chi connectivity index (χ1v) is 6.85. The normalized spacial score (nSPS) is 11.3. The van der Waals surface area contributed by atoms with Gasteiger partial charge < -0.3 is 0 Å². The van der Waals surface area contributed by atoms with Crippen LogP contribution >= 0.6 is 0 Å². The topological polar surface area (TPSA) is 71.1 Å². The molecule has 0 aliphatic carbocycles. The molecule has 0 amide bonds. The lowest BCUT2D eigenvalue weighted by atomic mass is 10.3. The first-order valence-electron chi connectivity index (χ1n) is 5.37. The number of aromatic nitrogens is 1. The van der Waals surface area contributed by atoms with Gasteiger partial charge >= 0.3 is 0 Å². The highest BCUT2D eigenvalue weighted by molar-refractivity contribution is 7.89. The summed E-state index contributed by atoms with van der Waals surface area (Å²) in [7, 11) is -3.51. The number of sulfonamides is 1. The lowest BCUT2D eigenvalue weighted by molar-refractivity contribution is 0.555. The molecule has 18 heavy (non-hydrogen) atoms. The molecule has 94 valence electrons. The van der Waals surface area contributed by atoms with E-state index in [1.165, 1.54) is 12.1 Å². The fourth-order valence-electron chi connectivity index (χ4n) is 1.39. The standard InChI is InChI=1S/C12H13N3O2S/c16-18(17,12-4-2-1-3-5-12)15-14-10-11-6-8-13-9-7-11/h1-9,14-15H,10H2. The van der Waals surface area contributed by atoms with Crippen LogP contribution in [0, 0.1) is 0 Å². The quantitative estimate of drug-likeness (QED) is 0.791. The van der Waals surface area contributed by atoms with Gasteiger partial charge in [0.15, 0.2) is 0 Å². The third-order valence-corrected chi connectivity index (χ3v) is 3.61. The summed E-state index contributed by atoms with van der Waals surface area (Å²) in [5.41, 5.74) is 3.62. The zero-order valence-electron chi connectivity index (χ0n) is 9.58. The molecule has 0 spiro atoms. The molecule has 0 saturated heterocycles. The summed E-state index contributed by atoms with van der Waals surface area (Å²) < 4.78 is 23.7. The second kappa shape index (κ2) is 5.72. The van der Waals surface area contributed by atoms with Crippen LogP contribution in [0.3, 0.4) is 0 Å². The Labute approximate surface area is 106 Å². The minimum absolute atomic E-state index is 0.229. The maximum atomic E-state index is 11.8. The number of nitrogens with zero attached hydrogens (tertiary/aromatic N) is 1. The lowest BCUT2D eigenvalue weighted by Gasteiger charge is -2.08. The van der Waals surface area contributed by atoms with Crippen molar-refractivity contribution in [3.05, 3.63) is 60.4 Å². The Morgan fingerprint density at radius 3 is 2.33 bits per heavy atom. The Balaban J connectivity index is 1.95. The molecule has 0 bridgehead atoms. The van der Waals surface area contributed by atoms with E-state index < -0.39 is 10.0 Å². The molecule has 0 atom stereocenters. The maximum absolute atomic E-state index is 11.8. The van der Waals surface area contributed by atoms with Gasteiger partial charge in [0.05, 0.1) is 4.90 Å². The van der Waals surface area contributed by atoms with Crippen molar-refractivity contribution >= 4 is 10.0 Å². The molecule has 2 rings (SSSR count). The second-order valence-electron chi connectivity index (χ2n) is 3.63. The van der Waals surface area contributed by atoms with Gasteiger partial charge in [0.25, 0.3) is 10.0 Å². The molecular weight excluding hydrogens is 250 g/mol. The van der Waals surface area contributed by atoms with Crippen LogP contribution in [-0.2, 0) is 16.6 Å². The van der Waals surface area contributed by atoms with E-state index in [0.29, 0.717) is 6.54 Å². The van der Waals surface area contributed by atoms with Gasteiger partial charge in [0, 0.05) is 18.9 Å². The largest absolute Gasteiger partial charge is 0.265 e. The average Bonchev–Trinajstić information content (AvgIpc) is 2.41. The van der Waals surface area contributed by atoms with E-state index in [1.807, 2.05) is 12.1 Å². The summed E-state index contributed by atoms with van der Waals surface area (Å²) in [5, 5.41) is 0. The van der Waals surface area contributed by atoms with Crippen molar-refractivity contribution in [1.82, 2.24) is 15.2 Å². The third-order valence-electron chi connectivity index (χ3n) is 2.30. The molecule has 0 aliphatic rings. The highest BCUT2D eigenvalue weighted by atomic mass is 32.2. The van der Waals surface area contributed by atoms with Crippen LogP contribution in [0.5, 0.6) is 0 Å². The summed E-state index contributed by atoms with van der Waals surface area (Å²) in [4.78, 5) is 6.44. The van der Waals surface area contributed by atoms with Gasteiger partial charge in [0.2, 0.25) is 0 Å². The Morgan fingerprint density at radius 2 is 1.67 bits per heavy atom. The summed E-state index contributed by atoms with van der Waals surface area (Å²) in [6.07, 6.45) is 3.31. The number of nitrogens with one attached hydrogen (secondary N) is 2. The van der Waals surface area contributed by atoms with E-state index in [2.05, 4.69) is 15.2 Å². The molecule has 1 heterocycles. The van der Waals surface area contributed by atoms with Gasteiger partial charge in [-0.25, -0.2) is 13.8 Å². The summed E-state index contributed by atoms with van der Waals surface area (Å²) in [5.74, 6) is 0. The van der Waals surface area contributed by atoms with Crippen LogP contribution in [0.1, 0.15) is 5.56 Å². The zero-order chi connectivity index (χ0) is 12.8. The van der Waals surface area contributed by atoms with Gasteiger partial charge in [-0.15, -0.1) is 4.83 Å². The van der Waals surface area contributed by atoms with Gasteiger partial charge in [-0.1, -0.05) is 18.2 Å². The predicted octanol–water partition coefficient (Wildman–Crippen LogP) is 1.06. The van der Waals surface area contributed by atoms with Gasteiger partial charge in [-0.05, 0) is 29.8 Å². The van der Waals surface area contributed by atoms with E-state index in [4.69, 9.17) is 0 Å². The number of hydrogen-bond donors (Lipinski definition) is 2. The molecule has 0 radical (unpaired) electrons. The highest BCUT2D eigenvalue weighted by Gasteiger charge is 2.11. The van der Waals surface area contributed by atoms with Crippen molar-refractivity contribution in [2.75, 3.05) is 0 Å². The zero-order valence-corrected chi connectivity index (χ0v) is 10.4. The van der Waals surface area contributed by atoms with Crippen LogP contribution in [-0.4, -0.2) is 13.4 Å². The molecule has 6 heteroatoms. The third kappa shape index (κ3) is 3.36. The number of pyridine rings is 1. The molecule has 0 aliphatic heterocycles. The van der Waals surface area contributed by atoms with E-state index in [-0.39, 0.29) is 4.90 Å².